The van der Waals surface area contributed by atoms with Crippen LogP contribution in [0.25, 0.3) is 0 Å². The fourth-order valence-corrected chi connectivity index (χ4v) is 3.72. The smallest absolute Gasteiger partial charge is 0.236 e. The second-order valence-electron chi connectivity index (χ2n) is 6.31. The summed E-state index contributed by atoms with van der Waals surface area (Å²) >= 11 is 1.72. The summed E-state index contributed by atoms with van der Waals surface area (Å²) in [7, 11) is 0. The predicted molar refractivity (Wildman–Crippen MR) is 96.9 cm³/mol. The Morgan fingerprint density at radius 1 is 1.39 bits per heavy atom. The maximum absolute atomic E-state index is 12.3. The van der Waals surface area contributed by atoms with Crippen LogP contribution >= 0.6 is 11.8 Å². The highest BCUT2D eigenvalue weighted by molar-refractivity contribution is 7.98. The molecule has 23 heavy (non-hydrogen) atoms. The SMILES string of the molecule is CSCC[C@H](N)C(=O)NCC1(c2ccccc2C)CCOCC1. The minimum atomic E-state index is -0.420. The quantitative estimate of drug-likeness (QED) is 0.801. The van der Waals surface area contributed by atoms with Crippen LogP contribution in [0.2, 0.25) is 0 Å². The van der Waals surface area contributed by atoms with Crippen molar-refractivity contribution in [1.29, 1.82) is 0 Å². The van der Waals surface area contributed by atoms with Gasteiger partial charge >= 0.3 is 0 Å². The summed E-state index contributed by atoms with van der Waals surface area (Å²) in [5, 5.41) is 3.10. The molecule has 1 aromatic rings. The van der Waals surface area contributed by atoms with E-state index in [-0.39, 0.29) is 11.3 Å². The molecule has 0 radical (unpaired) electrons. The van der Waals surface area contributed by atoms with E-state index in [4.69, 9.17) is 10.5 Å². The van der Waals surface area contributed by atoms with Gasteiger partial charge in [-0.2, -0.15) is 11.8 Å². The molecule has 0 aliphatic carbocycles. The molecule has 1 amide bonds. The fourth-order valence-electron chi connectivity index (χ4n) is 3.23. The number of hydrogen-bond acceptors (Lipinski definition) is 4. The minimum absolute atomic E-state index is 0.0431. The first kappa shape index (κ1) is 18.3. The highest BCUT2D eigenvalue weighted by Crippen LogP contribution is 2.36. The Bertz CT molecular complexity index is 515. The predicted octanol–water partition coefficient (Wildman–Crippen LogP) is 2.24. The van der Waals surface area contributed by atoms with Gasteiger partial charge in [0.1, 0.15) is 0 Å². The molecular formula is C18H28N2O2S. The van der Waals surface area contributed by atoms with Crippen molar-refractivity contribution in [2.75, 3.05) is 31.8 Å². The third kappa shape index (κ3) is 4.72. The first-order valence-corrected chi connectivity index (χ1v) is 9.64. The first-order chi connectivity index (χ1) is 11.1. The van der Waals surface area contributed by atoms with Gasteiger partial charge in [0.2, 0.25) is 5.91 Å². The maximum atomic E-state index is 12.3. The number of nitrogens with two attached hydrogens (primary N) is 1. The van der Waals surface area contributed by atoms with E-state index >= 15 is 0 Å². The lowest BCUT2D eigenvalue weighted by molar-refractivity contribution is -0.122. The molecule has 1 aliphatic heterocycles. The van der Waals surface area contributed by atoms with Crippen molar-refractivity contribution in [2.24, 2.45) is 5.73 Å². The van der Waals surface area contributed by atoms with Gasteiger partial charge in [0, 0.05) is 25.2 Å². The molecule has 1 saturated heterocycles. The fraction of sp³-hybridized carbons (Fsp3) is 0.611. The van der Waals surface area contributed by atoms with E-state index in [9.17, 15) is 4.79 Å². The molecule has 1 fully saturated rings. The van der Waals surface area contributed by atoms with E-state index in [1.165, 1.54) is 11.1 Å². The standard InChI is InChI=1S/C18H28N2O2S/c1-14-5-3-4-6-15(14)18(8-10-22-11-9-18)13-20-17(21)16(19)7-12-23-2/h3-6,16H,7-13,19H2,1-2H3,(H,20,21)/t16-/m0/s1. The Labute approximate surface area is 143 Å². The van der Waals surface area contributed by atoms with E-state index in [1.807, 2.05) is 6.26 Å². The van der Waals surface area contributed by atoms with Crippen LogP contribution in [0, 0.1) is 6.92 Å². The van der Waals surface area contributed by atoms with Gasteiger partial charge in [-0.25, -0.2) is 0 Å². The zero-order chi connectivity index (χ0) is 16.7. The number of amides is 1. The lowest BCUT2D eigenvalue weighted by Gasteiger charge is -2.39. The monoisotopic (exact) mass is 336 g/mol. The number of hydrogen-bond donors (Lipinski definition) is 2. The summed E-state index contributed by atoms with van der Waals surface area (Å²) in [4.78, 5) is 12.3. The topological polar surface area (TPSA) is 64.4 Å². The highest BCUT2D eigenvalue weighted by Gasteiger charge is 2.36. The summed E-state index contributed by atoms with van der Waals surface area (Å²) in [5.74, 6) is 0.865. The zero-order valence-electron chi connectivity index (χ0n) is 14.1. The molecule has 3 N–H and O–H groups in total. The first-order valence-electron chi connectivity index (χ1n) is 8.25. The van der Waals surface area contributed by atoms with Gasteiger partial charge in [-0.3, -0.25) is 4.79 Å². The maximum Gasteiger partial charge on any atom is 0.236 e. The highest BCUT2D eigenvalue weighted by atomic mass is 32.2. The Morgan fingerprint density at radius 3 is 2.74 bits per heavy atom. The normalized spacial score (nSPS) is 18.4. The van der Waals surface area contributed by atoms with E-state index in [0.29, 0.717) is 13.0 Å². The molecule has 1 atom stereocenters. The van der Waals surface area contributed by atoms with Crippen molar-refractivity contribution in [1.82, 2.24) is 5.32 Å². The number of rotatable bonds is 7. The molecule has 0 spiro atoms. The van der Waals surface area contributed by atoms with Crippen molar-refractivity contribution < 1.29 is 9.53 Å². The molecule has 0 aromatic heterocycles. The summed E-state index contributed by atoms with van der Waals surface area (Å²) < 4.78 is 5.55. The Hall–Kier alpha value is -1.04. The zero-order valence-corrected chi connectivity index (χ0v) is 15.0. The van der Waals surface area contributed by atoms with Crippen LogP contribution in [-0.2, 0) is 14.9 Å². The largest absolute Gasteiger partial charge is 0.381 e. The number of ether oxygens (including phenoxy) is 1. The average molecular weight is 337 g/mol. The van der Waals surface area contributed by atoms with Crippen LogP contribution in [-0.4, -0.2) is 43.7 Å². The van der Waals surface area contributed by atoms with Crippen molar-refractivity contribution in [2.45, 2.75) is 37.6 Å². The van der Waals surface area contributed by atoms with Gasteiger partial charge in [0.25, 0.3) is 0 Å². The van der Waals surface area contributed by atoms with Gasteiger partial charge in [-0.05, 0) is 49.3 Å². The van der Waals surface area contributed by atoms with Crippen molar-refractivity contribution in [3.05, 3.63) is 35.4 Å². The Balaban J connectivity index is 2.08. The molecule has 1 heterocycles. The molecule has 1 aliphatic rings. The number of benzene rings is 1. The lowest BCUT2D eigenvalue weighted by atomic mass is 9.72. The molecule has 128 valence electrons. The summed E-state index contributed by atoms with van der Waals surface area (Å²) in [6.45, 7) is 4.25. The third-order valence-electron chi connectivity index (χ3n) is 4.74. The number of thioether (sulfide) groups is 1. The van der Waals surface area contributed by atoms with Crippen LogP contribution in [0.1, 0.15) is 30.4 Å². The van der Waals surface area contributed by atoms with E-state index in [2.05, 4.69) is 36.5 Å². The second-order valence-corrected chi connectivity index (χ2v) is 7.30. The van der Waals surface area contributed by atoms with Crippen LogP contribution in [0.3, 0.4) is 0 Å². The van der Waals surface area contributed by atoms with Crippen LogP contribution in [0.15, 0.2) is 24.3 Å². The lowest BCUT2D eigenvalue weighted by Crippen LogP contribution is -2.49. The van der Waals surface area contributed by atoms with Gasteiger partial charge in [0.15, 0.2) is 0 Å². The summed E-state index contributed by atoms with van der Waals surface area (Å²) in [6.07, 6.45) is 4.60. The van der Waals surface area contributed by atoms with Crippen molar-refractivity contribution in [3.8, 4) is 0 Å². The summed E-state index contributed by atoms with van der Waals surface area (Å²) in [5.41, 5.74) is 8.53. The van der Waals surface area contributed by atoms with Crippen LogP contribution in [0.5, 0.6) is 0 Å². The van der Waals surface area contributed by atoms with Crippen LogP contribution in [0.4, 0.5) is 0 Å². The van der Waals surface area contributed by atoms with Crippen molar-refractivity contribution in [3.63, 3.8) is 0 Å². The van der Waals surface area contributed by atoms with Gasteiger partial charge in [0.05, 0.1) is 6.04 Å². The molecule has 1 aromatic carbocycles. The second kappa shape index (κ2) is 8.71. The van der Waals surface area contributed by atoms with E-state index in [1.54, 1.807) is 11.8 Å². The number of carbonyl (C=O) groups is 1. The average Bonchev–Trinajstić information content (AvgIpc) is 2.58. The number of nitrogens with one attached hydrogen (secondary N) is 1. The molecule has 2 rings (SSSR count). The van der Waals surface area contributed by atoms with E-state index in [0.717, 1.165) is 31.8 Å². The molecular weight excluding hydrogens is 308 g/mol. The van der Waals surface area contributed by atoms with Crippen LogP contribution < -0.4 is 11.1 Å². The van der Waals surface area contributed by atoms with Gasteiger partial charge < -0.3 is 15.8 Å². The van der Waals surface area contributed by atoms with E-state index < -0.39 is 6.04 Å². The molecule has 0 saturated carbocycles. The molecule has 5 heteroatoms. The van der Waals surface area contributed by atoms with Crippen molar-refractivity contribution >= 4 is 17.7 Å². The number of carbonyl (C=O) groups excluding carboxylic acids is 1. The molecule has 0 bridgehead atoms. The third-order valence-corrected chi connectivity index (χ3v) is 5.38. The molecule has 0 unspecified atom stereocenters. The van der Waals surface area contributed by atoms with Gasteiger partial charge in [-0.15, -0.1) is 0 Å². The number of aryl methyl sites for hydroxylation is 1. The Kier molecular flexibility index (Phi) is 6.93. The molecule has 4 nitrogen and oxygen atoms in total. The summed E-state index contributed by atoms with van der Waals surface area (Å²) in [6, 6.07) is 8.03. The van der Waals surface area contributed by atoms with Gasteiger partial charge in [-0.1, -0.05) is 24.3 Å². The Morgan fingerprint density at radius 2 is 2.09 bits per heavy atom. The minimum Gasteiger partial charge on any atom is -0.381 e.